The molecule has 1 saturated heterocycles. The predicted molar refractivity (Wildman–Crippen MR) is 69.1 cm³/mol. The van der Waals surface area contributed by atoms with E-state index in [1.807, 2.05) is 20.8 Å². The zero-order valence-corrected chi connectivity index (χ0v) is 11.7. The average molecular weight is 323 g/mol. The first-order chi connectivity index (χ1) is 6.92. The molecule has 0 spiro atoms. The standard InChI is InChI=1S/C11H18INO2/c1-11(2,3)15-10(14)13-6-4-9(8-12)5-7-13/h8H,4-7H2,1-3H3. The second kappa shape index (κ2) is 5.18. The molecule has 1 rings (SSSR count). The van der Waals surface area contributed by atoms with Crippen LogP contribution in [0.25, 0.3) is 0 Å². The number of halogens is 1. The summed E-state index contributed by atoms with van der Waals surface area (Å²) in [5, 5.41) is 0. The average Bonchev–Trinajstić information content (AvgIpc) is 2.15. The van der Waals surface area contributed by atoms with Crippen LogP contribution in [0.4, 0.5) is 4.79 Å². The smallest absolute Gasteiger partial charge is 0.410 e. The van der Waals surface area contributed by atoms with E-state index < -0.39 is 5.60 Å². The molecule has 0 aromatic rings. The van der Waals surface area contributed by atoms with Crippen LogP contribution in [0.5, 0.6) is 0 Å². The first kappa shape index (κ1) is 12.8. The predicted octanol–water partition coefficient (Wildman–Crippen LogP) is 3.34. The Kier molecular flexibility index (Phi) is 4.43. The number of amides is 1. The number of hydrogen-bond acceptors (Lipinski definition) is 2. The van der Waals surface area contributed by atoms with Crippen molar-refractivity contribution in [3.63, 3.8) is 0 Å². The number of likely N-dealkylation sites (tertiary alicyclic amines) is 1. The minimum atomic E-state index is -0.392. The number of ether oxygens (including phenoxy) is 1. The third-order valence-electron chi connectivity index (χ3n) is 2.21. The van der Waals surface area contributed by atoms with Gasteiger partial charge in [-0.2, -0.15) is 0 Å². The quantitative estimate of drug-likeness (QED) is 0.640. The fraction of sp³-hybridized carbons (Fsp3) is 0.727. The van der Waals surface area contributed by atoms with Gasteiger partial charge in [0.15, 0.2) is 0 Å². The number of carbonyl (C=O) groups is 1. The maximum atomic E-state index is 11.7. The van der Waals surface area contributed by atoms with Gasteiger partial charge in [-0.25, -0.2) is 4.79 Å². The summed E-state index contributed by atoms with van der Waals surface area (Å²) in [6, 6.07) is 0. The fourth-order valence-electron chi connectivity index (χ4n) is 1.41. The minimum Gasteiger partial charge on any atom is -0.444 e. The lowest BCUT2D eigenvalue weighted by molar-refractivity contribution is 0.0236. The Bertz CT molecular complexity index is 258. The third kappa shape index (κ3) is 4.40. The van der Waals surface area contributed by atoms with Crippen molar-refractivity contribution in [3.8, 4) is 0 Å². The van der Waals surface area contributed by atoms with Crippen molar-refractivity contribution in [1.29, 1.82) is 0 Å². The lowest BCUT2D eigenvalue weighted by atomic mass is 10.1. The lowest BCUT2D eigenvalue weighted by Gasteiger charge is -2.30. The van der Waals surface area contributed by atoms with Crippen LogP contribution in [0.1, 0.15) is 33.6 Å². The molecule has 0 N–H and O–H groups in total. The molecule has 15 heavy (non-hydrogen) atoms. The summed E-state index contributed by atoms with van der Waals surface area (Å²) in [6.07, 6.45) is 1.76. The maximum absolute atomic E-state index is 11.7. The molecule has 3 nitrogen and oxygen atoms in total. The van der Waals surface area contributed by atoms with Crippen LogP contribution in [0.15, 0.2) is 9.66 Å². The monoisotopic (exact) mass is 323 g/mol. The van der Waals surface area contributed by atoms with Gasteiger partial charge < -0.3 is 9.64 Å². The lowest BCUT2D eigenvalue weighted by Crippen LogP contribution is -2.40. The SMILES string of the molecule is CC(C)(C)OC(=O)N1CCC(=CI)CC1. The van der Waals surface area contributed by atoms with E-state index in [1.165, 1.54) is 5.57 Å². The Morgan fingerprint density at radius 3 is 2.33 bits per heavy atom. The van der Waals surface area contributed by atoms with Gasteiger partial charge in [-0.05, 0) is 37.7 Å². The molecule has 1 aliphatic rings. The molecule has 0 aliphatic carbocycles. The summed E-state index contributed by atoms with van der Waals surface area (Å²) in [7, 11) is 0. The van der Waals surface area contributed by atoms with Gasteiger partial charge in [-0.15, -0.1) is 0 Å². The van der Waals surface area contributed by atoms with Gasteiger partial charge in [-0.1, -0.05) is 28.2 Å². The highest BCUT2D eigenvalue weighted by molar-refractivity contribution is 14.1. The number of nitrogens with zero attached hydrogens (tertiary/aromatic N) is 1. The van der Waals surface area contributed by atoms with Crippen LogP contribution < -0.4 is 0 Å². The van der Waals surface area contributed by atoms with E-state index in [4.69, 9.17) is 4.74 Å². The summed E-state index contributed by atoms with van der Waals surface area (Å²) in [6.45, 7) is 7.24. The third-order valence-corrected chi connectivity index (χ3v) is 3.09. The highest BCUT2D eigenvalue weighted by Gasteiger charge is 2.24. The molecule has 4 heteroatoms. The van der Waals surface area contributed by atoms with Gasteiger partial charge in [0, 0.05) is 13.1 Å². The first-order valence-corrected chi connectivity index (χ1v) is 6.43. The number of carbonyl (C=O) groups excluding carboxylic acids is 1. The highest BCUT2D eigenvalue weighted by Crippen LogP contribution is 2.19. The van der Waals surface area contributed by atoms with E-state index in [0.717, 1.165) is 25.9 Å². The summed E-state index contributed by atoms with van der Waals surface area (Å²) >= 11 is 2.26. The van der Waals surface area contributed by atoms with Crippen molar-refractivity contribution >= 4 is 28.7 Å². The van der Waals surface area contributed by atoms with E-state index >= 15 is 0 Å². The Hall–Kier alpha value is -0.260. The summed E-state index contributed by atoms with van der Waals surface area (Å²) in [5.41, 5.74) is 1.03. The Morgan fingerprint density at radius 2 is 1.93 bits per heavy atom. The van der Waals surface area contributed by atoms with E-state index in [1.54, 1.807) is 4.90 Å². The molecular formula is C11H18INO2. The van der Waals surface area contributed by atoms with E-state index in [-0.39, 0.29) is 6.09 Å². The van der Waals surface area contributed by atoms with Gasteiger partial charge in [0.05, 0.1) is 0 Å². The van der Waals surface area contributed by atoms with E-state index in [9.17, 15) is 4.79 Å². The Labute approximate surface area is 105 Å². The summed E-state index contributed by atoms with van der Waals surface area (Å²) in [5.74, 6) is 0. The van der Waals surface area contributed by atoms with Gasteiger partial charge in [0.1, 0.15) is 5.60 Å². The first-order valence-electron chi connectivity index (χ1n) is 5.18. The molecule has 1 heterocycles. The van der Waals surface area contributed by atoms with Crippen LogP contribution in [0, 0.1) is 0 Å². The molecule has 0 saturated carbocycles. The second-order valence-corrected chi connectivity index (χ2v) is 5.36. The molecule has 1 amide bonds. The van der Waals surface area contributed by atoms with Crippen LogP contribution in [-0.2, 0) is 4.74 Å². The normalized spacial score (nSPS) is 17.6. The van der Waals surface area contributed by atoms with E-state index in [0.29, 0.717) is 0 Å². The summed E-state index contributed by atoms with van der Waals surface area (Å²) < 4.78 is 7.43. The molecule has 0 bridgehead atoms. The highest BCUT2D eigenvalue weighted by atomic mass is 127. The number of piperidine rings is 1. The van der Waals surface area contributed by atoms with Gasteiger partial charge in [0.25, 0.3) is 0 Å². The Morgan fingerprint density at radius 1 is 1.40 bits per heavy atom. The van der Waals surface area contributed by atoms with Crippen molar-refractivity contribution in [2.24, 2.45) is 0 Å². The molecule has 0 unspecified atom stereocenters. The molecule has 0 radical (unpaired) electrons. The molecule has 86 valence electrons. The van der Waals surface area contributed by atoms with Gasteiger partial charge in [0.2, 0.25) is 0 Å². The van der Waals surface area contributed by atoms with Crippen molar-refractivity contribution < 1.29 is 9.53 Å². The van der Waals surface area contributed by atoms with Crippen molar-refractivity contribution in [1.82, 2.24) is 4.90 Å². The fourth-order valence-corrected chi connectivity index (χ4v) is 2.03. The maximum Gasteiger partial charge on any atom is 0.410 e. The molecule has 1 fully saturated rings. The zero-order valence-electron chi connectivity index (χ0n) is 9.55. The molecule has 0 aromatic carbocycles. The second-order valence-electron chi connectivity index (χ2n) is 4.73. The van der Waals surface area contributed by atoms with Crippen molar-refractivity contribution in [3.05, 3.63) is 9.66 Å². The molecule has 1 aliphatic heterocycles. The minimum absolute atomic E-state index is 0.185. The number of rotatable bonds is 0. The molecule has 0 aromatic heterocycles. The number of hydrogen-bond donors (Lipinski definition) is 0. The van der Waals surface area contributed by atoms with Gasteiger partial charge >= 0.3 is 6.09 Å². The van der Waals surface area contributed by atoms with Gasteiger partial charge in [-0.3, -0.25) is 0 Å². The zero-order chi connectivity index (χ0) is 11.5. The van der Waals surface area contributed by atoms with Crippen molar-refractivity contribution in [2.45, 2.75) is 39.2 Å². The molecular weight excluding hydrogens is 305 g/mol. The van der Waals surface area contributed by atoms with Crippen LogP contribution in [0.3, 0.4) is 0 Å². The largest absolute Gasteiger partial charge is 0.444 e. The van der Waals surface area contributed by atoms with Crippen LogP contribution >= 0.6 is 22.6 Å². The molecule has 0 atom stereocenters. The summed E-state index contributed by atoms with van der Waals surface area (Å²) in [4.78, 5) is 13.5. The van der Waals surface area contributed by atoms with Crippen LogP contribution in [-0.4, -0.2) is 29.7 Å². The Balaban J connectivity index is 2.43. The van der Waals surface area contributed by atoms with Crippen molar-refractivity contribution in [2.75, 3.05) is 13.1 Å². The van der Waals surface area contributed by atoms with Crippen LogP contribution in [0.2, 0.25) is 0 Å². The van der Waals surface area contributed by atoms with E-state index in [2.05, 4.69) is 26.7 Å². The topological polar surface area (TPSA) is 29.5 Å².